The van der Waals surface area contributed by atoms with Crippen molar-refractivity contribution in [2.75, 3.05) is 51.8 Å². The van der Waals surface area contributed by atoms with E-state index in [1.807, 2.05) is 18.2 Å². The second kappa shape index (κ2) is 9.67. The number of rotatable bonds is 5. The molecule has 1 aromatic carbocycles. The highest BCUT2D eigenvalue weighted by Gasteiger charge is 2.17. The lowest BCUT2D eigenvalue weighted by molar-refractivity contribution is 0.187. The number of guanidine groups is 1. The quantitative estimate of drug-likeness (QED) is 0.624. The molecule has 0 aliphatic carbocycles. The van der Waals surface area contributed by atoms with Gasteiger partial charge in [-0.1, -0.05) is 6.92 Å². The third kappa shape index (κ3) is 5.27. The minimum atomic E-state index is 0.695. The van der Waals surface area contributed by atoms with E-state index in [9.17, 15) is 0 Å². The van der Waals surface area contributed by atoms with Crippen LogP contribution >= 0.6 is 0 Å². The number of fused-ring (bicyclic) bond motifs is 1. The van der Waals surface area contributed by atoms with Gasteiger partial charge in [-0.15, -0.1) is 0 Å². The molecule has 0 aromatic heterocycles. The molecule has 26 heavy (non-hydrogen) atoms. The Hall–Kier alpha value is -1.95. The first-order valence-electron chi connectivity index (χ1n) is 9.88. The van der Waals surface area contributed by atoms with Crippen molar-refractivity contribution < 1.29 is 9.47 Å². The molecule has 0 radical (unpaired) electrons. The van der Waals surface area contributed by atoms with E-state index in [0.29, 0.717) is 13.2 Å². The minimum Gasteiger partial charge on any atom is -0.490 e. The standard InChI is InChI=1S/C20H32N4O2/c1-3-24-11-8-16(9-12-24)7-10-22-20(21-2)23-17-5-6-18-19(15-17)26-14-4-13-25-18/h5-6,15-16H,3-4,7-14H2,1-2H3,(H2,21,22,23). The Morgan fingerprint density at radius 3 is 2.69 bits per heavy atom. The van der Waals surface area contributed by atoms with Crippen LogP contribution in [0.4, 0.5) is 5.69 Å². The first-order chi connectivity index (χ1) is 12.8. The van der Waals surface area contributed by atoms with Crippen LogP contribution < -0.4 is 20.1 Å². The van der Waals surface area contributed by atoms with E-state index in [0.717, 1.165) is 42.0 Å². The average Bonchev–Trinajstić information content (AvgIpc) is 2.92. The molecule has 1 saturated heterocycles. The van der Waals surface area contributed by atoms with E-state index in [1.54, 1.807) is 7.05 Å². The Kier molecular flexibility index (Phi) is 7.00. The number of anilines is 1. The summed E-state index contributed by atoms with van der Waals surface area (Å²) in [5, 5.41) is 6.78. The highest BCUT2D eigenvalue weighted by molar-refractivity contribution is 5.93. The predicted molar refractivity (Wildman–Crippen MR) is 106 cm³/mol. The van der Waals surface area contributed by atoms with Crippen molar-refractivity contribution >= 4 is 11.6 Å². The van der Waals surface area contributed by atoms with E-state index in [2.05, 4.69) is 27.4 Å². The van der Waals surface area contributed by atoms with Gasteiger partial charge >= 0.3 is 0 Å². The summed E-state index contributed by atoms with van der Waals surface area (Å²) in [6, 6.07) is 5.94. The number of piperidine rings is 1. The third-order valence-electron chi connectivity index (χ3n) is 5.23. The fraction of sp³-hybridized carbons (Fsp3) is 0.650. The lowest BCUT2D eigenvalue weighted by atomic mass is 9.93. The summed E-state index contributed by atoms with van der Waals surface area (Å²) in [5.41, 5.74) is 0.957. The van der Waals surface area contributed by atoms with Gasteiger partial charge in [-0.3, -0.25) is 4.99 Å². The first kappa shape index (κ1) is 18.8. The van der Waals surface area contributed by atoms with Crippen LogP contribution in [-0.4, -0.2) is 57.3 Å². The van der Waals surface area contributed by atoms with Crippen molar-refractivity contribution in [3.05, 3.63) is 18.2 Å². The van der Waals surface area contributed by atoms with E-state index in [4.69, 9.17) is 9.47 Å². The van der Waals surface area contributed by atoms with Crippen molar-refractivity contribution in [2.24, 2.45) is 10.9 Å². The van der Waals surface area contributed by atoms with Gasteiger partial charge in [0.1, 0.15) is 0 Å². The molecule has 144 valence electrons. The summed E-state index contributed by atoms with van der Waals surface area (Å²) >= 11 is 0. The Morgan fingerprint density at radius 1 is 1.19 bits per heavy atom. The summed E-state index contributed by atoms with van der Waals surface area (Å²) in [6.45, 7) is 8.26. The van der Waals surface area contributed by atoms with Gasteiger partial charge in [-0.05, 0) is 56.9 Å². The van der Waals surface area contributed by atoms with E-state index < -0.39 is 0 Å². The maximum Gasteiger partial charge on any atom is 0.195 e. The molecule has 2 aliphatic heterocycles. The van der Waals surface area contributed by atoms with Crippen molar-refractivity contribution in [2.45, 2.75) is 32.6 Å². The zero-order valence-corrected chi connectivity index (χ0v) is 16.1. The van der Waals surface area contributed by atoms with Gasteiger partial charge in [0, 0.05) is 31.8 Å². The molecule has 3 rings (SSSR count). The van der Waals surface area contributed by atoms with Crippen LogP contribution in [0.15, 0.2) is 23.2 Å². The van der Waals surface area contributed by atoms with Crippen LogP contribution in [-0.2, 0) is 0 Å². The number of hydrogen-bond donors (Lipinski definition) is 2. The molecule has 0 atom stereocenters. The number of ether oxygens (including phenoxy) is 2. The van der Waals surface area contributed by atoms with Crippen LogP contribution in [0.5, 0.6) is 11.5 Å². The van der Waals surface area contributed by atoms with Crippen LogP contribution in [0.25, 0.3) is 0 Å². The fourth-order valence-electron chi connectivity index (χ4n) is 3.54. The molecule has 2 aliphatic rings. The van der Waals surface area contributed by atoms with Crippen molar-refractivity contribution in [1.82, 2.24) is 10.2 Å². The summed E-state index contributed by atoms with van der Waals surface area (Å²) in [7, 11) is 1.80. The van der Waals surface area contributed by atoms with Crippen LogP contribution in [0.1, 0.15) is 32.6 Å². The summed E-state index contributed by atoms with van der Waals surface area (Å²) in [5.74, 6) is 3.23. The molecular formula is C20H32N4O2. The van der Waals surface area contributed by atoms with E-state index in [1.165, 1.54) is 38.9 Å². The first-order valence-corrected chi connectivity index (χ1v) is 9.88. The molecule has 2 N–H and O–H groups in total. The number of aliphatic imine (C=N–C) groups is 1. The smallest absolute Gasteiger partial charge is 0.195 e. The van der Waals surface area contributed by atoms with Gasteiger partial charge in [0.05, 0.1) is 13.2 Å². The van der Waals surface area contributed by atoms with Crippen molar-refractivity contribution in [3.63, 3.8) is 0 Å². The Labute approximate surface area is 157 Å². The average molecular weight is 361 g/mol. The molecule has 0 amide bonds. The summed E-state index contributed by atoms with van der Waals surface area (Å²) < 4.78 is 11.4. The number of nitrogens with one attached hydrogen (secondary N) is 2. The SMILES string of the molecule is CCN1CCC(CCNC(=NC)Nc2ccc3c(c2)OCCCO3)CC1. The largest absolute Gasteiger partial charge is 0.490 e. The Balaban J connectivity index is 1.45. The molecule has 1 fully saturated rings. The number of likely N-dealkylation sites (tertiary alicyclic amines) is 1. The molecule has 6 heteroatoms. The van der Waals surface area contributed by atoms with Gasteiger partial charge < -0.3 is 25.0 Å². The molecular weight excluding hydrogens is 328 g/mol. The zero-order valence-electron chi connectivity index (χ0n) is 16.1. The maximum atomic E-state index is 5.75. The van der Waals surface area contributed by atoms with Gasteiger partial charge in [0.25, 0.3) is 0 Å². The second-order valence-electron chi connectivity index (χ2n) is 7.00. The maximum absolute atomic E-state index is 5.75. The lowest BCUT2D eigenvalue weighted by Gasteiger charge is -2.31. The van der Waals surface area contributed by atoms with Gasteiger partial charge in [-0.25, -0.2) is 0 Å². The monoisotopic (exact) mass is 360 g/mol. The molecule has 1 aromatic rings. The van der Waals surface area contributed by atoms with E-state index >= 15 is 0 Å². The third-order valence-corrected chi connectivity index (χ3v) is 5.23. The number of benzene rings is 1. The van der Waals surface area contributed by atoms with Crippen LogP contribution in [0.3, 0.4) is 0 Å². The zero-order chi connectivity index (χ0) is 18.2. The lowest BCUT2D eigenvalue weighted by Crippen LogP contribution is -2.36. The van der Waals surface area contributed by atoms with Crippen molar-refractivity contribution in [1.29, 1.82) is 0 Å². The summed E-state index contributed by atoms with van der Waals surface area (Å²) in [6.07, 6.45) is 4.73. The van der Waals surface area contributed by atoms with E-state index in [-0.39, 0.29) is 0 Å². The van der Waals surface area contributed by atoms with Crippen LogP contribution in [0.2, 0.25) is 0 Å². The highest BCUT2D eigenvalue weighted by atomic mass is 16.5. The Bertz CT molecular complexity index is 597. The van der Waals surface area contributed by atoms with Gasteiger partial charge in [0.2, 0.25) is 0 Å². The number of nitrogens with zero attached hydrogens (tertiary/aromatic N) is 2. The normalized spacial score (nSPS) is 19.1. The Morgan fingerprint density at radius 2 is 1.96 bits per heavy atom. The molecule has 0 unspecified atom stereocenters. The molecule has 0 spiro atoms. The fourth-order valence-corrected chi connectivity index (χ4v) is 3.54. The minimum absolute atomic E-state index is 0.695. The van der Waals surface area contributed by atoms with Gasteiger partial charge in [-0.2, -0.15) is 0 Å². The summed E-state index contributed by atoms with van der Waals surface area (Å²) in [4.78, 5) is 6.87. The molecule has 0 bridgehead atoms. The molecule has 0 saturated carbocycles. The van der Waals surface area contributed by atoms with Gasteiger partial charge in [0.15, 0.2) is 17.5 Å². The predicted octanol–water partition coefficient (Wildman–Crippen LogP) is 2.96. The second-order valence-corrected chi connectivity index (χ2v) is 7.00. The molecule has 6 nitrogen and oxygen atoms in total. The van der Waals surface area contributed by atoms with Crippen molar-refractivity contribution in [3.8, 4) is 11.5 Å². The van der Waals surface area contributed by atoms with Crippen LogP contribution in [0, 0.1) is 5.92 Å². The topological polar surface area (TPSA) is 58.1 Å². The highest BCUT2D eigenvalue weighted by Crippen LogP contribution is 2.32. The number of hydrogen-bond acceptors (Lipinski definition) is 4. The molecule has 2 heterocycles.